The van der Waals surface area contributed by atoms with E-state index in [4.69, 9.17) is 0 Å². The maximum absolute atomic E-state index is 12.9. The monoisotopic (exact) mass is 307 g/mol. The van der Waals surface area contributed by atoms with Gasteiger partial charge in [0, 0.05) is 23.6 Å². The number of aromatic nitrogens is 3. The lowest BCUT2D eigenvalue weighted by atomic mass is 10.1. The van der Waals surface area contributed by atoms with Crippen LogP contribution in [0.1, 0.15) is 5.56 Å². The lowest BCUT2D eigenvalue weighted by molar-refractivity contribution is 0.628. The third-order valence-corrected chi connectivity index (χ3v) is 3.07. The van der Waals surface area contributed by atoms with Crippen molar-refractivity contribution in [2.75, 3.05) is 5.32 Å². The molecule has 2 heterocycles. The standard InChI is InChI=1S/C16H10FN5O/c17-11-3-5-12(6-4-11)20-16-21-14(10-2-1-7-19-9-10)13(8-18)15(23)22-16/h1-7,9H,(H2,20,21,22,23). The summed E-state index contributed by atoms with van der Waals surface area (Å²) in [4.78, 5) is 22.8. The molecule has 0 unspecified atom stereocenters. The molecule has 0 radical (unpaired) electrons. The highest BCUT2D eigenvalue weighted by Gasteiger charge is 2.13. The van der Waals surface area contributed by atoms with Gasteiger partial charge in [0.25, 0.3) is 5.56 Å². The van der Waals surface area contributed by atoms with Crippen molar-refractivity contribution in [2.24, 2.45) is 0 Å². The first-order valence-corrected chi connectivity index (χ1v) is 6.65. The molecule has 3 rings (SSSR count). The predicted molar refractivity (Wildman–Crippen MR) is 82.5 cm³/mol. The molecule has 0 saturated heterocycles. The third-order valence-electron chi connectivity index (χ3n) is 3.07. The Morgan fingerprint density at radius 1 is 1.22 bits per heavy atom. The van der Waals surface area contributed by atoms with Crippen molar-refractivity contribution < 1.29 is 4.39 Å². The molecule has 6 nitrogen and oxygen atoms in total. The Morgan fingerprint density at radius 2 is 2.00 bits per heavy atom. The second kappa shape index (κ2) is 6.07. The van der Waals surface area contributed by atoms with E-state index in [0.717, 1.165) is 0 Å². The zero-order chi connectivity index (χ0) is 16.2. The van der Waals surface area contributed by atoms with E-state index in [1.807, 2.05) is 6.07 Å². The van der Waals surface area contributed by atoms with Crippen molar-refractivity contribution in [1.29, 1.82) is 5.26 Å². The highest BCUT2D eigenvalue weighted by Crippen LogP contribution is 2.20. The van der Waals surface area contributed by atoms with Gasteiger partial charge in [0.2, 0.25) is 5.95 Å². The molecule has 0 atom stereocenters. The van der Waals surface area contributed by atoms with Crippen LogP contribution in [0.15, 0.2) is 53.6 Å². The summed E-state index contributed by atoms with van der Waals surface area (Å²) in [5, 5.41) is 12.0. The highest BCUT2D eigenvalue weighted by atomic mass is 19.1. The van der Waals surface area contributed by atoms with E-state index in [-0.39, 0.29) is 23.0 Å². The molecule has 23 heavy (non-hydrogen) atoms. The maximum Gasteiger partial charge on any atom is 0.270 e. The summed E-state index contributed by atoms with van der Waals surface area (Å²) in [7, 11) is 0. The smallest absolute Gasteiger partial charge is 0.270 e. The Kier molecular flexibility index (Phi) is 3.80. The van der Waals surface area contributed by atoms with Gasteiger partial charge in [-0.1, -0.05) is 0 Å². The minimum absolute atomic E-state index is 0.0948. The van der Waals surface area contributed by atoms with E-state index < -0.39 is 5.56 Å². The van der Waals surface area contributed by atoms with Crippen LogP contribution in [0.5, 0.6) is 0 Å². The molecule has 112 valence electrons. The summed E-state index contributed by atoms with van der Waals surface area (Å²) in [5.41, 5.74) is 0.677. The van der Waals surface area contributed by atoms with Gasteiger partial charge in [0.05, 0.1) is 5.69 Å². The van der Waals surface area contributed by atoms with Crippen LogP contribution >= 0.6 is 0 Å². The average molecular weight is 307 g/mol. The van der Waals surface area contributed by atoms with Crippen LogP contribution in [0.3, 0.4) is 0 Å². The predicted octanol–water partition coefficient (Wildman–Crippen LogP) is 2.59. The molecular formula is C16H10FN5O. The number of nitriles is 1. The molecule has 0 spiro atoms. The van der Waals surface area contributed by atoms with Crippen LogP contribution in [0.25, 0.3) is 11.3 Å². The topological polar surface area (TPSA) is 94.5 Å². The molecule has 0 saturated carbocycles. The summed E-state index contributed by atoms with van der Waals surface area (Å²) in [6.45, 7) is 0. The fourth-order valence-electron chi connectivity index (χ4n) is 2.02. The lowest BCUT2D eigenvalue weighted by Gasteiger charge is -2.08. The van der Waals surface area contributed by atoms with Gasteiger partial charge in [-0.2, -0.15) is 5.26 Å². The average Bonchev–Trinajstić information content (AvgIpc) is 2.57. The quantitative estimate of drug-likeness (QED) is 0.775. The molecule has 2 N–H and O–H groups in total. The van der Waals surface area contributed by atoms with Gasteiger partial charge in [-0.05, 0) is 36.4 Å². The summed E-state index contributed by atoms with van der Waals surface area (Å²) >= 11 is 0. The van der Waals surface area contributed by atoms with Gasteiger partial charge in [-0.3, -0.25) is 14.8 Å². The van der Waals surface area contributed by atoms with Crippen molar-refractivity contribution in [2.45, 2.75) is 0 Å². The zero-order valence-electron chi connectivity index (χ0n) is 11.7. The first kappa shape index (κ1) is 14.4. The second-order valence-corrected chi connectivity index (χ2v) is 4.62. The lowest BCUT2D eigenvalue weighted by Crippen LogP contribution is -2.16. The van der Waals surface area contributed by atoms with Gasteiger partial charge < -0.3 is 5.32 Å². The largest absolute Gasteiger partial charge is 0.326 e. The number of anilines is 2. The van der Waals surface area contributed by atoms with Gasteiger partial charge in [0.1, 0.15) is 17.4 Å². The number of halogens is 1. The summed E-state index contributed by atoms with van der Waals surface area (Å²) < 4.78 is 12.9. The molecule has 7 heteroatoms. The van der Waals surface area contributed by atoms with Gasteiger partial charge >= 0.3 is 0 Å². The molecule has 0 amide bonds. The van der Waals surface area contributed by atoms with Crippen molar-refractivity contribution in [1.82, 2.24) is 15.0 Å². The van der Waals surface area contributed by atoms with E-state index in [1.54, 1.807) is 18.3 Å². The number of nitrogens with zero attached hydrogens (tertiary/aromatic N) is 3. The Bertz CT molecular complexity index is 929. The van der Waals surface area contributed by atoms with E-state index in [2.05, 4.69) is 20.3 Å². The Morgan fingerprint density at radius 3 is 2.65 bits per heavy atom. The molecule has 0 aliphatic carbocycles. The third kappa shape index (κ3) is 3.06. The number of benzene rings is 1. The SMILES string of the molecule is N#Cc1c(-c2cccnc2)nc(Nc2ccc(F)cc2)[nH]c1=O. The molecular weight excluding hydrogens is 297 g/mol. The first-order valence-electron chi connectivity index (χ1n) is 6.65. The van der Waals surface area contributed by atoms with E-state index in [9.17, 15) is 14.4 Å². The van der Waals surface area contributed by atoms with Crippen LogP contribution in [0, 0.1) is 17.1 Å². The fourth-order valence-corrected chi connectivity index (χ4v) is 2.02. The fraction of sp³-hybridized carbons (Fsp3) is 0. The summed E-state index contributed by atoms with van der Waals surface area (Å²) in [6, 6.07) is 10.8. The minimum Gasteiger partial charge on any atom is -0.326 e. The number of rotatable bonds is 3. The Labute approximate surface area is 130 Å². The van der Waals surface area contributed by atoms with Crippen LogP contribution in [0.4, 0.5) is 16.0 Å². The van der Waals surface area contributed by atoms with Crippen LogP contribution in [-0.4, -0.2) is 15.0 Å². The second-order valence-electron chi connectivity index (χ2n) is 4.62. The van der Waals surface area contributed by atoms with Gasteiger partial charge in [-0.25, -0.2) is 9.37 Å². The van der Waals surface area contributed by atoms with Crippen molar-refractivity contribution in [3.05, 3.63) is 70.5 Å². The maximum atomic E-state index is 12.9. The Balaban J connectivity index is 2.06. The van der Waals surface area contributed by atoms with E-state index >= 15 is 0 Å². The zero-order valence-corrected chi connectivity index (χ0v) is 11.7. The number of hydrogen-bond donors (Lipinski definition) is 2. The van der Waals surface area contributed by atoms with Gasteiger partial charge in [-0.15, -0.1) is 0 Å². The van der Waals surface area contributed by atoms with Crippen molar-refractivity contribution in [3.8, 4) is 17.3 Å². The molecule has 1 aromatic carbocycles. The van der Waals surface area contributed by atoms with Crippen molar-refractivity contribution >= 4 is 11.6 Å². The molecule has 3 aromatic rings. The first-order chi connectivity index (χ1) is 11.2. The number of pyridine rings is 1. The molecule has 0 aliphatic heterocycles. The molecule has 0 fully saturated rings. The number of nitrogens with one attached hydrogen (secondary N) is 2. The van der Waals surface area contributed by atoms with E-state index in [1.165, 1.54) is 30.5 Å². The summed E-state index contributed by atoms with van der Waals surface area (Å²) in [5.74, 6) is -0.215. The molecule has 0 aliphatic rings. The van der Waals surface area contributed by atoms with Crippen LogP contribution < -0.4 is 10.9 Å². The highest BCUT2D eigenvalue weighted by molar-refractivity contribution is 5.67. The number of hydrogen-bond acceptors (Lipinski definition) is 5. The molecule has 0 bridgehead atoms. The van der Waals surface area contributed by atoms with Crippen LogP contribution in [0.2, 0.25) is 0 Å². The van der Waals surface area contributed by atoms with Crippen molar-refractivity contribution in [3.63, 3.8) is 0 Å². The van der Waals surface area contributed by atoms with E-state index in [0.29, 0.717) is 11.3 Å². The molecule has 2 aromatic heterocycles. The summed E-state index contributed by atoms with van der Waals surface area (Å²) in [6.07, 6.45) is 3.10. The number of aromatic amines is 1. The number of H-pyrrole nitrogens is 1. The normalized spacial score (nSPS) is 10.1. The minimum atomic E-state index is -0.564. The Hall–Kier alpha value is -3.53. The van der Waals surface area contributed by atoms with Crippen LogP contribution in [-0.2, 0) is 0 Å². The van der Waals surface area contributed by atoms with Gasteiger partial charge in [0.15, 0.2) is 0 Å².